The highest BCUT2D eigenvalue weighted by molar-refractivity contribution is 5.87. The maximum atomic E-state index is 13.2. The number of benzene rings is 1. The molecule has 0 spiro atoms. The number of pyridine rings is 1. The van der Waals surface area contributed by atoms with Crippen LogP contribution in [-0.4, -0.2) is 66.0 Å². The van der Waals surface area contributed by atoms with Gasteiger partial charge in [-0.05, 0) is 41.7 Å². The van der Waals surface area contributed by atoms with Gasteiger partial charge in [-0.15, -0.1) is 0 Å². The number of hydrogen-bond donors (Lipinski definition) is 0. The molecule has 166 valence electrons. The van der Waals surface area contributed by atoms with Crippen molar-refractivity contribution in [2.75, 3.05) is 33.8 Å². The lowest BCUT2D eigenvalue weighted by Gasteiger charge is -2.43. The molecule has 1 aliphatic rings. The molecule has 1 aromatic heterocycles. The van der Waals surface area contributed by atoms with Gasteiger partial charge < -0.3 is 14.5 Å². The molecule has 2 amide bonds. The minimum Gasteiger partial charge on any atom is -0.361 e. The Morgan fingerprint density at radius 2 is 1.68 bits per heavy atom. The molecule has 2 aromatic rings. The highest BCUT2D eigenvalue weighted by Gasteiger charge is 2.46. The summed E-state index contributed by atoms with van der Waals surface area (Å²) in [5.41, 5.74) is 2.12. The van der Waals surface area contributed by atoms with E-state index in [-0.39, 0.29) is 24.3 Å². The van der Waals surface area contributed by atoms with Crippen LogP contribution in [0, 0.1) is 5.92 Å². The molecular weight excluding hydrogens is 390 g/mol. The van der Waals surface area contributed by atoms with Gasteiger partial charge >= 0.3 is 0 Å². The minimum absolute atomic E-state index is 0.00935. The summed E-state index contributed by atoms with van der Waals surface area (Å²) in [6.45, 7) is 5.25. The number of hydrogen-bond acceptors (Lipinski definition) is 4. The van der Waals surface area contributed by atoms with E-state index in [9.17, 15) is 9.59 Å². The van der Waals surface area contributed by atoms with E-state index in [1.165, 1.54) is 0 Å². The van der Waals surface area contributed by atoms with Crippen LogP contribution < -0.4 is 0 Å². The molecule has 31 heavy (non-hydrogen) atoms. The van der Waals surface area contributed by atoms with Gasteiger partial charge in [-0.25, -0.2) is 0 Å². The molecule has 3 rings (SSSR count). The molecule has 0 N–H and O–H groups in total. The zero-order chi connectivity index (χ0) is 22.4. The van der Waals surface area contributed by atoms with E-state index < -0.39 is 5.60 Å². The first-order chi connectivity index (χ1) is 14.9. The molecule has 1 atom stereocenters. The molecular formula is C25H33N3O3. The van der Waals surface area contributed by atoms with Gasteiger partial charge in [0.15, 0.2) is 5.60 Å². The largest absolute Gasteiger partial charge is 0.361 e. The fraction of sp³-hybridized carbons (Fsp3) is 0.480. The third-order valence-corrected chi connectivity index (χ3v) is 6.09. The summed E-state index contributed by atoms with van der Waals surface area (Å²) in [5, 5.41) is 0. The van der Waals surface area contributed by atoms with Crippen LogP contribution in [0.3, 0.4) is 0 Å². The number of aromatic nitrogens is 1. The van der Waals surface area contributed by atoms with Crippen molar-refractivity contribution in [2.45, 2.75) is 38.7 Å². The second-order valence-corrected chi connectivity index (χ2v) is 8.43. The molecule has 2 heterocycles. The monoisotopic (exact) mass is 423 g/mol. The maximum Gasteiger partial charge on any atom is 0.256 e. The molecule has 0 saturated carbocycles. The summed E-state index contributed by atoms with van der Waals surface area (Å²) in [5.74, 6) is 0.00919. The van der Waals surface area contributed by atoms with E-state index in [0.29, 0.717) is 19.6 Å². The maximum absolute atomic E-state index is 13.2. The third-order valence-electron chi connectivity index (χ3n) is 6.09. The molecule has 1 unspecified atom stereocenters. The van der Waals surface area contributed by atoms with E-state index in [1.807, 2.05) is 43.0 Å². The van der Waals surface area contributed by atoms with E-state index >= 15 is 0 Å². The topological polar surface area (TPSA) is 62.7 Å². The fourth-order valence-corrected chi connectivity index (χ4v) is 4.28. The van der Waals surface area contributed by atoms with Crippen LogP contribution in [-0.2, 0) is 20.7 Å². The van der Waals surface area contributed by atoms with Crippen LogP contribution in [0.1, 0.15) is 32.3 Å². The van der Waals surface area contributed by atoms with Crippen molar-refractivity contribution >= 4 is 11.8 Å². The van der Waals surface area contributed by atoms with Crippen LogP contribution >= 0.6 is 0 Å². The van der Waals surface area contributed by atoms with Crippen molar-refractivity contribution in [3.8, 4) is 11.1 Å². The second-order valence-electron chi connectivity index (χ2n) is 8.43. The number of morpholine rings is 1. The van der Waals surface area contributed by atoms with Gasteiger partial charge in [0.2, 0.25) is 5.91 Å². The first-order valence-electron chi connectivity index (χ1n) is 11.0. The zero-order valence-corrected chi connectivity index (χ0v) is 19.0. The normalized spacial score (nSPS) is 18.8. The highest BCUT2D eigenvalue weighted by atomic mass is 16.5. The Bertz CT molecular complexity index is 879. The number of carbonyl (C=O) groups excluding carboxylic acids is 2. The van der Waals surface area contributed by atoms with Crippen molar-refractivity contribution in [1.82, 2.24) is 14.8 Å². The number of nitrogens with zero attached hydrogens (tertiary/aromatic N) is 3. The average molecular weight is 424 g/mol. The molecule has 6 nitrogen and oxygen atoms in total. The lowest BCUT2D eigenvalue weighted by atomic mass is 9.89. The van der Waals surface area contributed by atoms with Gasteiger partial charge in [-0.1, -0.05) is 38.1 Å². The van der Waals surface area contributed by atoms with Crippen LogP contribution in [0.5, 0.6) is 0 Å². The van der Waals surface area contributed by atoms with Gasteiger partial charge in [0.25, 0.3) is 5.91 Å². The average Bonchev–Trinajstić information content (AvgIpc) is 2.80. The molecule has 1 saturated heterocycles. The SMILES string of the molecule is CCC(CC)C(=O)N1CCOC(Cc2ccc(-c3ccncc3)cc2)(C(=O)N(C)C)C1. The standard InChI is InChI=1S/C25H33N3O3/c1-5-20(6-2)23(29)28-15-16-31-25(18-28,24(30)27(3)4)17-19-7-9-21(10-8-19)22-11-13-26-14-12-22/h7-14,20H,5-6,15-18H2,1-4H3. The van der Waals surface area contributed by atoms with Gasteiger partial charge in [-0.3, -0.25) is 14.6 Å². The molecule has 1 aliphatic heterocycles. The fourth-order valence-electron chi connectivity index (χ4n) is 4.28. The highest BCUT2D eigenvalue weighted by Crippen LogP contribution is 2.28. The Morgan fingerprint density at radius 1 is 1.06 bits per heavy atom. The Hall–Kier alpha value is -2.73. The Kier molecular flexibility index (Phi) is 7.44. The van der Waals surface area contributed by atoms with Crippen molar-refractivity contribution < 1.29 is 14.3 Å². The molecule has 6 heteroatoms. The smallest absolute Gasteiger partial charge is 0.256 e. The summed E-state index contributed by atoms with van der Waals surface area (Å²) in [6, 6.07) is 12.1. The molecule has 1 aromatic carbocycles. The summed E-state index contributed by atoms with van der Waals surface area (Å²) in [7, 11) is 3.48. The van der Waals surface area contributed by atoms with Crippen molar-refractivity contribution in [2.24, 2.45) is 5.92 Å². The van der Waals surface area contributed by atoms with Crippen molar-refractivity contribution in [3.05, 3.63) is 54.4 Å². The van der Waals surface area contributed by atoms with Gasteiger partial charge in [0, 0.05) is 45.4 Å². The van der Waals surface area contributed by atoms with E-state index in [4.69, 9.17) is 4.74 Å². The Balaban J connectivity index is 1.85. The number of amides is 2. The Labute approximate surface area is 185 Å². The van der Waals surface area contributed by atoms with E-state index in [2.05, 4.69) is 17.1 Å². The predicted molar refractivity (Wildman–Crippen MR) is 121 cm³/mol. The van der Waals surface area contributed by atoms with Crippen LogP contribution in [0.25, 0.3) is 11.1 Å². The van der Waals surface area contributed by atoms with Crippen molar-refractivity contribution in [3.63, 3.8) is 0 Å². The number of carbonyl (C=O) groups is 2. The number of ether oxygens (including phenoxy) is 1. The van der Waals surface area contributed by atoms with Gasteiger partial charge in [0.1, 0.15) is 0 Å². The first-order valence-corrected chi connectivity index (χ1v) is 11.0. The summed E-state index contributed by atoms with van der Waals surface area (Å²) < 4.78 is 6.14. The Morgan fingerprint density at radius 3 is 2.26 bits per heavy atom. The quantitative estimate of drug-likeness (QED) is 0.685. The molecule has 0 bridgehead atoms. The molecule has 0 aliphatic carbocycles. The predicted octanol–water partition coefficient (Wildman–Crippen LogP) is 3.41. The van der Waals surface area contributed by atoms with Gasteiger partial charge in [0.05, 0.1) is 13.2 Å². The van der Waals surface area contributed by atoms with Crippen LogP contribution in [0.4, 0.5) is 0 Å². The lowest BCUT2D eigenvalue weighted by molar-refractivity contribution is -0.174. The zero-order valence-electron chi connectivity index (χ0n) is 19.0. The van der Waals surface area contributed by atoms with Crippen LogP contribution in [0.15, 0.2) is 48.8 Å². The third kappa shape index (κ3) is 5.13. The van der Waals surface area contributed by atoms with E-state index in [1.54, 1.807) is 31.4 Å². The minimum atomic E-state index is -1.07. The van der Waals surface area contributed by atoms with Crippen molar-refractivity contribution in [1.29, 1.82) is 0 Å². The lowest BCUT2D eigenvalue weighted by Crippen LogP contribution is -2.62. The second kappa shape index (κ2) is 10.1. The van der Waals surface area contributed by atoms with E-state index in [0.717, 1.165) is 29.5 Å². The van der Waals surface area contributed by atoms with Crippen LogP contribution in [0.2, 0.25) is 0 Å². The molecule has 1 fully saturated rings. The summed E-state index contributed by atoms with van der Waals surface area (Å²) in [6.07, 6.45) is 5.58. The number of likely N-dealkylation sites (N-methyl/N-ethyl adjacent to an activating group) is 1. The summed E-state index contributed by atoms with van der Waals surface area (Å²) in [4.78, 5) is 33.7. The summed E-state index contributed by atoms with van der Waals surface area (Å²) >= 11 is 0. The molecule has 0 radical (unpaired) electrons. The van der Waals surface area contributed by atoms with Gasteiger partial charge in [-0.2, -0.15) is 0 Å². The first kappa shape index (κ1) is 22.9. The number of rotatable bonds is 7.